The van der Waals surface area contributed by atoms with Gasteiger partial charge in [-0.05, 0) is 12.8 Å². The number of hydrogen-bond donors (Lipinski definition) is 2. The van der Waals surface area contributed by atoms with Gasteiger partial charge in [0.2, 0.25) is 0 Å². The van der Waals surface area contributed by atoms with Crippen LogP contribution in [0, 0.1) is 0 Å². The van der Waals surface area contributed by atoms with Gasteiger partial charge in [-0.15, -0.1) is 0 Å². The third kappa shape index (κ3) is 1.96. The summed E-state index contributed by atoms with van der Waals surface area (Å²) < 4.78 is 0. The molecule has 1 fully saturated rings. The predicted molar refractivity (Wildman–Crippen MR) is 38.7 cm³/mol. The molecule has 0 aromatic rings. The molecule has 3 N–H and O–H groups in total. The van der Waals surface area contributed by atoms with Crippen LogP contribution < -0.4 is 11.1 Å². The molecule has 2 heteroatoms. The van der Waals surface area contributed by atoms with Crippen molar-refractivity contribution in [2.45, 2.75) is 31.7 Å². The number of rotatable bonds is 2. The summed E-state index contributed by atoms with van der Waals surface area (Å²) in [5, 5.41) is 3.23. The highest BCUT2D eigenvalue weighted by atomic mass is 14.9. The Morgan fingerprint density at radius 3 is 2.56 bits per heavy atom. The monoisotopic (exact) mass is 126 g/mol. The van der Waals surface area contributed by atoms with Crippen molar-refractivity contribution in [2.75, 3.05) is 0 Å². The first kappa shape index (κ1) is 6.46. The van der Waals surface area contributed by atoms with E-state index in [2.05, 4.69) is 5.32 Å². The van der Waals surface area contributed by atoms with E-state index in [1.54, 1.807) is 6.20 Å². The van der Waals surface area contributed by atoms with Crippen LogP contribution in [0.2, 0.25) is 0 Å². The van der Waals surface area contributed by atoms with E-state index >= 15 is 0 Å². The molecule has 0 heterocycles. The standard InChI is InChI=1S/C7H14N2/c8-5-6-9-7-3-1-2-4-7/h5-7,9H,1-4,8H2/b6-5-. The molecule has 0 aliphatic heterocycles. The van der Waals surface area contributed by atoms with Crippen LogP contribution >= 0.6 is 0 Å². The maximum absolute atomic E-state index is 5.16. The number of hydrogen-bond acceptors (Lipinski definition) is 2. The van der Waals surface area contributed by atoms with Crippen LogP contribution in [0.3, 0.4) is 0 Å². The van der Waals surface area contributed by atoms with Gasteiger partial charge >= 0.3 is 0 Å². The third-order valence-electron chi connectivity index (χ3n) is 1.78. The number of nitrogens with two attached hydrogens (primary N) is 1. The Bertz CT molecular complexity index is 93.1. The smallest absolute Gasteiger partial charge is 0.0256 e. The molecular weight excluding hydrogens is 112 g/mol. The van der Waals surface area contributed by atoms with Crippen LogP contribution in [0.4, 0.5) is 0 Å². The Hall–Kier alpha value is -0.660. The summed E-state index contributed by atoms with van der Waals surface area (Å²) in [5.74, 6) is 0. The molecule has 1 aliphatic rings. The molecule has 0 radical (unpaired) electrons. The summed E-state index contributed by atoms with van der Waals surface area (Å²) in [6, 6.07) is 0.699. The van der Waals surface area contributed by atoms with Gasteiger partial charge in [0.1, 0.15) is 0 Å². The minimum Gasteiger partial charge on any atom is -0.403 e. The molecule has 1 saturated carbocycles. The van der Waals surface area contributed by atoms with Gasteiger partial charge in [0.15, 0.2) is 0 Å². The van der Waals surface area contributed by atoms with E-state index in [9.17, 15) is 0 Å². The maximum atomic E-state index is 5.16. The second-order valence-electron chi connectivity index (χ2n) is 2.51. The molecule has 0 atom stereocenters. The highest BCUT2D eigenvalue weighted by Gasteiger charge is 2.11. The first-order chi connectivity index (χ1) is 4.43. The lowest BCUT2D eigenvalue weighted by Gasteiger charge is -2.06. The molecule has 0 bridgehead atoms. The average Bonchev–Trinajstić information content (AvgIpc) is 2.34. The van der Waals surface area contributed by atoms with Crippen LogP contribution in [-0.4, -0.2) is 6.04 Å². The van der Waals surface area contributed by atoms with E-state index in [1.165, 1.54) is 25.7 Å². The fraction of sp³-hybridized carbons (Fsp3) is 0.714. The SMILES string of the molecule is N/C=C\NC1CCCC1. The van der Waals surface area contributed by atoms with Gasteiger partial charge in [-0.1, -0.05) is 12.8 Å². The molecule has 0 spiro atoms. The summed E-state index contributed by atoms with van der Waals surface area (Å²) in [7, 11) is 0. The summed E-state index contributed by atoms with van der Waals surface area (Å²) in [4.78, 5) is 0. The highest BCUT2D eigenvalue weighted by molar-refractivity contribution is 4.81. The molecule has 2 nitrogen and oxygen atoms in total. The second kappa shape index (κ2) is 3.38. The Labute approximate surface area is 56.1 Å². The molecule has 9 heavy (non-hydrogen) atoms. The molecule has 1 rings (SSSR count). The molecule has 0 aromatic carbocycles. The lowest BCUT2D eigenvalue weighted by Crippen LogP contribution is -2.19. The van der Waals surface area contributed by atoms with Crippen molar-refractivity contribution in [1.82, 2.24) is 5.32 Å². The van der Waals surface area contributed by atoms with Gasteiger partial charge in [0.05, 0.1) is 0 Å². The molecule has 1 aliphatic carbocycles. The molecule has 0 unspecified atom stereocenters. The van der Waals surface area contributed by atoms with Gasteiger partial charge in [-0.25, -0.2) is 0 Å². The van der Waals surface area contributed by atoms with Gasteiger partial charge < -0.3 is 11.1 Å². The van der Waals surface area contributed by atoms with E-state index < -0.39 is 0 Å². The van der Waals surface area contributed by atoms with Crippen molar-refractivity contribution in [2.24, 2.45) is 5.73 Å². The summed E-state index contributed by atoms with van der Waals surface area (Å²) in [6.07, 6.45) is 8.75. The van der Waals surface area contributed by atoms with Crippen LogP contribution in [0.15, 0.2) is 12.4 Å². The van der Waals surface area contributed by atoms with Gasteiger partial charge in [-0.2, -0.15) is 0 Å². The van der Waals surface area contributed by atoms with Crippen molar-refractivity contribution in [3.05, 3.63) is 12.4 Å². The first-order valence-electron chi connectivity index (χ1n) is 3.56. The van der Waals surface area contributed by atoms with Crippen LogP contribution in [0.5, 0.6) is 0 Å². The Morgan fingerprint density at radius 2 is 2.00 bits per heavy atom. The summed E-state index contributed by atoms with van der Waals surface area (Å²) >= 11 is 0. The van der Waals surface area contributed by atoms with E-state index in [0.717, 1.165) is 0 Å². The summed E-state index contributed by atoms with van der Waals surface area (Å²) in [5.41, 5.74) is 5.16. The topological polar surface area (TPSA) is 38.0 Å². The zero-order valence-corrected chi connectivity index (χ0v) is 5.64. The van der Waals surface area contributed by atoms with E-state index in [4.69, 9.17) is 5.73 Å². The predicted octanol–water partition coefficient (Wildman–Crippen LogP) is 0.948. The van der Waals surface area contributed by atoms with E-state index in [1.807, 2.05) is 6.20 Å². The average molecular weight is 126 g/mol. The fourth-order valence-corrected chi connectivity index (χ4v) is 1.28. The van der Waals surface area contributed by atoms with Crippen LogP contribution in [-0.2, 0) is 0 Å². The van der Waals surface area contributed by atoms with Crippen LogP contribution in [0.1, 0.15) is 25.7 Å². The van der Waals surface area contributed by atoms with E-state index in [-0.39, 0.29) is 0 Å². The Balaban J connectivity index is 2.11. The zero-order valence-electron chi connectivity index (χ0n) is 5.64. The van der Waals surface area contributed by atoms with Crippen molar-refractivity contribution in [1.29, 1.82) is 0 Å². The molecule has 52 valence electrons. The summed E-state index contributed by atoms with van der Waals surface area (Å²) in [6.45, 7) is 0. The Morgan fingerprint density at radius 1 is 1.33 bits per heavy atom. The van der Waals surface area contributed by atoms with Gasteiger partial charge in [0.25, 0.3) is 0 Å². The number of nitrogens with one attached hydrogen (secondary N) is 1. The zero-order chi connectivity index (χ0) is 6.53. The third-order valence-corrected chi connectivity index (χ3v) is 1.78. The van der Waals surface area contributed by atoms with Crippen molar-refractivity contribution >= 4 is 0 Å². The van der Waals surface area contributed by atoms with Crippen molar-refractivity contribution in [3.63, 3.8) is 0 Å². The lowest BCUT2D eigenvalue weighted by molar-refractivity contribution is 0.607. The Kier molecular flexibility index (Phi) is 2.43. The molecule has 0 aromatic heterocycles. The largest absolute Gasteiger partial charge is 0.403 e. The molecule has 0 saturated heterocycles. The minimum absolute atomic E-state index is 0.699. The van der Waals surface area contributed by atoms with Crippen LogP contribution in [0.25, 0.3) is 0 Å². The first-order valence-corrected chi connectivity index (χ1v) is 3.56. The quantitative estimate of drug-likeness (QED) is 0.578. The fourth-order valence-electron chi connectivity index (χ4n) is 1.28. The second-order valence-corrected chi connectivity index (χ2v) is 2.51. The highest BCUT2D eigenvalue weighted by Crippen LogP contribution is 2.17. The molecule has 0 amide bonds. The van der Waals surface area contributed by atoms with Crippen molar-refractivity contribution < 1.29 is 0 Å². The van der Waals surface area contributed by atoms with Crippen molar-refractivity contribution in [3.8, 4) is 0 Å². The molecular formula is C7H14N2. The lowest BCUT2D eigenvalue weighted by atomic mass is 10.3. The van der Waals surface area contributed by atoms with E-state index in [0.29, 0.717) is 6.04 Å². The normalized spacial score (nSPS) is 21.3. The maximum Gasteiger partial charge on any atom is 0.0256 e. The van der Waals surface area contributed by atoms with Gasteiger partial charge in [-0.3, -0.25) is 0 Å². The van der Waals surface area contributed by atoms with Gasteiger partial charge in [0, 0.05) is 18.4 Å². The minimum atomic E-state index is 0.699.